The highest BCUT2D eigenvalue weighted by molar-refractivity contribution is 5.68. The van der Waals surface area contributed by atoms with Gasteiger partial charge in [-0.3, -0.25) is 0 Å². The number of nitrogens with zero attached hydrogens (tertiary/aromatic N) is 1. The predicted octanol–water partition coefficient (Wildman–Crippen LogP) is 5.05. The molecule has 0 aliphatic heterocycles. The minimum absolute atomic E-state index is 0.139. The average Bonchev–Trinajstić information content (AvgIpc) is 2.97. The number of unbranched alkanes of at least 4 members (excludes halogenated alkanes) is 1. The van der Waals surface area contributed by atoms with Gasteiger partial charge in [-0.15, -0.1) is 0 Å². The number of hydrogen-bond acceptors (Lipinski definition) is 2. The van der Waals surface area contributed by atoms with E-state index in [9.17, 15) is 10.3 Å². The maximum atomic E-state index is 10.8. The van der Waals surface area contributed by atoms with Crippen LogP contribution in [0.4, 0.5) is 0 Å². The van der Waals surface area contributed by atoms with Crippen molar-refractivity contribution in [1.29, 1.82) is 0 Å². The summed E-state index contributed by atoms with van der Waals surface area (Å²) >= 11 is 0. The number of aromatic hydroxyl groups is 1. The Bertz CT molecular complexity index is 880. The Kier molecular flexibility index (Phi) is 5.31. The van der Waals surface area contributed by atoms with Gasteiger partial charge in [0.25, 0.3) is 0 Å². The SMILES string of the molecule is CCCCc1c(-c2ccc(C(C)C)cc2)[nH]c(-c2ccccc2O)[n+]1O. The zero-order chi connectivity index (χ0) is 18.7. The molecule has 3 N–H and O–H groups in total. The van der Waals surface area contributed by atoms with E-state index in [1.807, 2.05) is 6.07 Å². The average molecular weight is 351 g/mol. The molecular formula is C22H27N2O2+. The number of phenols is 1. The van der Waals surface area contributed by atoms with Crippen LogP contribution in [0.25, 0.3) is 22.6 Å². The lowest BCUT2D eigenvalue weighted by Crippen LogP contribution is -2.35. The smallest absolute Gasteiger partial charge is 0.330 e. The fourth-order valence-electron chi connectivity index (χ4n) is 3.19. The van der Waals surface area contributed by atoms with Crippen molar-refractivity contribution in [2.75, 3.05) is 0 Å². The van der Waals surface area contributed by atoms with Crippen molar-refractivity contribution in [3.63, 3.8) is 0 Å². The number of para-hydroxylation sites is 1. The van der Waals surface area contributed by atoms with Gasteiger partial charge in [-0.1, -0.05) is 63.6 Å². The highest BCUT2D eigenvalue weighted by Crippen LogP contribution is 2.30. The Balaban J connectivity index is 2.11. The molecule has 0 unspecified atom stereocenters. The molecule has 0 radical (unpaired) electrons. The molecule has 0 atom stereocenters. The van der Waals surface area contributed by atoms with Crippen molar-refractivity contribution in [3.05, 3.63) is 59.8 Å². The topological polar surface area (TPSA) is 60.1 Å². The van der Waals surface area contributed by atoms with Crippen LogP contribution in [-0.4, -0.2) is 15.3 Å². The third-order valence-electron chi connectivity index (χ3n) is 4.79. The summed E-state index contributed by atoms with van der Waals surface area (Å²) in [7, 11) is 0. The molecule has 0 saturated heterocycles. The highest BCUT2D eigenvalue weighted by Gasteiger charge is 2.28. The van der Waals surface area contributed by atoms with Gasteiger partial charge in [-0.25, -0.2) is 4.98 Å². The van der Waals surface area contributed by atoms with Gasteiger partial charge in [-0.05, 0) is 34.8 Å². The monoisotopic (exact) mass is 351 g/mol. The third-order valence-corrected chi connectivity index (χ3v) is 4.79. The van der Waals surface area contributed by atoms with Gasteiger partial charge in [0.15, 0.2) is 11.4 Å². The number of hydrogen-bond donors (Lipinski definition) is 3. The van der Waals surface area contributed by atoms with Crippen molar-refractivity contribution < 1.29 is 15.0 Å². The molecule has 4 nitrogen and oxygen atoms in total. The first-order chi connectivity index (χ1) is 12.5. The maximum Gasteiger partial charge on any atom is 0.330 e. The van der Waals surface area contributed by atoms with Gasteiger partial charge in [0.1, 0.15) is 11.3 Å². The Hall–Kier alpha value is -2.75. The lowest BCUT2D eigenvalue weighted by molar-refractivity contribution is -0.899. The van der Waals surface area contributed by atoms with Crippen molar-refractivity contribution >= 4 is 0 Å². The van der Waals surface area contributed by atoms with E-state index < -0.39 is 0 Å². The molecule has 4 heteroatoms. The first kappa shape index (κ1) is 18.1. The Labute approximate surface area is 154 Å². The number of nitrogens with one attached hydrogen (secondary N) is 1. The van der Waals surface area contributed by atoms with Gasteiger partial charge in [0.2, 0.25) is 0 Å². The second-order valence-corrected chi connectivity index (χ2v) is 7.00. The summed E-state index contributed by atoms with van der Waals surface area (Å²) in [5.74, 6) is 1.12. The zero-order valence-corrected chi connectivity index (χ0v) is 15.7. The predicted molar refractivity (Wildman–Crippen MR) is 103 cm³/mol. The molecule has 1 aromatic heterocycles. The normalized spacial score (nSPS) is 11.2. The fraction of sp³-hybridized carbons (Fsp3) is 0.318. The molecule has 136 valence electrons. The molecule has 0 saturated carbocycles. The van der Waals surface area contributed by atoms with Gasteiger partial charge in [0, 0.05) is 12.0 Å². The van der Waals surface area contributed by atoms with Gasteiger partial charge in [0.05, 0.1) is 0 Å². The molecule has 0 aliphatic rings. The minimum atomic E-state index is 0.139. The number of imidazole rings is 1. The first-order valence-corrected chi connectivity index (χ1v) is 9.27. The molecule has 0 bridgehead atoms. The summed E-state index contributed by atoms with van der Waals surface area (Å²) in [6.45, 7) is 6.48. The van der Waals surface area contributed by atoms with Crippen LogP contribution in [-0.2, 0) is 6.42 Å². The van der Waals surface area contributed by atoms with Crippen molar-refractivity contribution in [3.8, 4) is 28.4 Å². The lowest BCUT2D eigenvalue weighted by Gasteiger charge is -2.05. The van der Waals surface area contributed by atoms with E-state index in [0.717, 1.165) is 36.2 Å². The van der Waals surface area contributed by atoms with E-state index >= 15 is 0 Å². The second kappa shape index (κ2) is 7.65. The first-order valence-electron chi connectivity index (χ1n) is 9.27. The number of rotatable bonds is 6. The molecule has 3 aromatic rings. The number of aromatic nitrogens is 2. The van der Waals surface area contributed by atoms with Crippen LogP contribution in [0.5, 0.6) is 5.75 Å². The molecule has 0 amide bonds. The van der Waals surface area contributed by atoms with E-state index in [4.69, 9.17) is 0 Å². The fourth-order valence-corrected chi connectivity index (χ4v) is 3.19. The number of aromatic amines is 1. The van der Waals surface area contributed by atoms with Crippen molar-refractivity contribution in [2.24, 2.45) is 0 Å². The van der Waals surface area contributed by atoms with Gasteiger partial charge in [-0.2, -0.15) is 0 Å². The standard InChI is InChI=1S/C22H26N2O2/c1-4-5-9-19-21(17-13-11-16(12-14-17)15(2)3)23-22(24(19)26)18-8-6-7-10-20(18)25/h6-8,10-15,26H,4-5,9H2,1-3H3,(H,23,25)/p+1. The molecule has 3 rings (SSSR count). The zero-order valence-electron chi connectivity index (χ0n) is 15.7. The Morgan fingerprint density at radius 3 is 2.35 bits per heavy atom. The maximum absolute atomic E-state index is 10.8. The van der Waals surface area contributed by atoms with Crippen molar-refractivity contribution in [2.45, 2.75) is 46.0 Å². The van der Waals surface area contributed by atoms with Crippen molar-refractivity contribution in [1.82, 2.24) is 4.98 Å². The molecular weight excluding hydrogens is 324 g/mol. The van der Waals surface area contributed by atoms with E-state index in [-0.39, 0.29) is 5.75 Å². The summed E-state index contributed by atoms with van der Waals surface area (Å²) in [6, 6.07) is 15.5. The number of benzene rings is 2. The number of H-pyrrole nitrogens is 1. The summed E-state index contributed by atoms with van der Waals surface area (Å²) in [4.78, 5) is 3.33. The summed E-state index contributed by atoms with van der Waals surface area (Å²) in [5, 5.41) is 21.0. The van der Waals surface area contributed by atoms with Crippen LogP contribution in [0.1, 0.15) is 50.8 Å². The summed E-state index contributed by atoms with van der Waals surface area (Å²) in [5.41, 5.74) is 4.63. The quantitative estimate of drug-likeness (QED) is 0.430. The number of phenolic OH excluding ortho intramolecular Hbond substituents is 1. The van der Waals surface area contributed by atoms with Crippen LogP contribution in [0.15, 0.2) is 48.5 Å². The lowest BCUT2D eigenvalue weighted by atomic mass is 10.00. The van der Waals surface area contributed by atoms with Crippen LogP contribution in [0, 0.1) is 0 Å². The molecule has 0 aliphatic carbocycles. The van der Waals surface area contributed by atoms with Crippen LogP contribution < -0.4 is 4.73 Å². The second-order valence-electron chi connectivity index (χ2n) is 7.00. The molecule has 26 heavy (non-hydrogen) atoms. The van der Waals surface area contributed by atoms with Crippen LogP contribution in [0.3, 0.4) is 0 Å². The molecule has 1 heterocycles. The summed E-state index contributed by atoms with van der Waals surface area (Å²) in [6.07, 6.45) is 2.79. The molecule has 0 fully saturated rings. The molecule has 2 aromatic carbocycles. The minimum Gasteiger partial charge on any atom is -0.507 e. The Morgan fingerprint density at radius 2 is 1.73 bits per heavy atom. The van der Waals surface area contributed by atoms with Crippen LogP contribution >= 0.6 is 0 Å². The summed E-state index contributed by atoms with van der Waals surface area (Å²) < 4.78 is 1.19. The largest absolute Gasteiger partial charge is 0.507 e. The van der Waals surface area contributed by atoms with E-state index in [1.54, 1.807) is 18.2 Å². The van der Waals surface area contributed by atoms with E-state index in [1.165, 1.54) is 10.3 Å². The van der Waals surface area contributed by atoms with Crippen LogP contribution in [0.2, 0.25) is 0 Å². The Morgan fingerprint density at radius 1 is 1.04 bits per heavy atom. The highest BCUT2D eigenvalue weighted by atomic mass is 16.5. The van der Waals surface area contributed by atoms with Gasteiger partial charge >= 0.3 is 5.82 Å². The van der Waals surface area contributed by atoms with E-state index in [2.05, 4.69) is 50.0 Å². The third kappa shape index (κ3) is 3.45. The molecule has 0 spiro atoms. The van der Waals surface area contributed by atoms with E-state index in [0.29, 0.717) is 17.3 Å². The van der Waals surface area contributed by atoms with Gasteiger partial charge < -0.3 is 10.3 Å².